The molecular formula is C22H29ClN4O. The maximum atomic E-state index is 12.8. The second-order valence-electron chi connectivity index (χ2n) is 7.34. The van der Waals surface area contributed by atoms with Crippen LogP contribution in [0.1, 0.15) is 39.5 Å². The van der Waals surface area contributed by atoms with E-state index < -0.39 is 0 Å². The Labute approximate surface area is 172 Å². The summed E-state index contributed by atoms with van der Waals surface area (Å²) in [6.45, 7) is 7.37. The molecule has 2 heterocycles. The maximum Gasteiger partial charge on any atom is 0.225 e. The Hall–Kier alpha value is -2.14. The zero-order valence-corrected chi connectivity index (χ0v) is 17.5. The van der Waals surface area contributed by atoms with E-state index in [4.69, 9.17) is 11.6 Å². The number of hydrogen-bond donors (Lipinski definition) is 0. The molecule has 1 aromatic heterocycles. The minimum atomic E-state index is 0.177. The van der Waals surface area contributed by atoms with Gasteiger partial charge in [-0.2, -0.15) is 0 Å². The molecule has 0 spiro atoms. The summed E-state index contributed by atoms with van der Waals surface area (Å²) in [5.74, 6) is 1.35. The second-order valence-corrected chi connectivity index (χ2v) is 7.75. The van der Waals surface area contributed by atoms with Crippen LogP contribution < -0.4 is 4.90 Å². The monoisotopic (exact) mass is 400 g/mol. The molecule has 6 heteroatoms. The molecular weight excluding hydrogens is 372 g/mol. The number of piperazine rings is 1. The fourth-order valence-electron chi connectivity index (χ4n) is 3.81. The van der Waals surface area contributed by atoms with E-state index in [0.29, 0.717) is 10.9 Å². The molecule has 1 aliphatic heterocycles. The fraction of sp³-hybridized carbons (Fsp3) is 0.500. The fourth-order valence-corrected chi connectivity index (χ4v) is 4.04. The Morgan fingerprint density at radius 2 is 1.68 bits per heavy atom. The van der Waals surface area contributed by atoms with Crippen molar-refractivity contribution in [2.75, 3.05) is 31.1 Å². The van der Waals surface area contributed by atoms with Gasteiger partial charge in [0.25, 0.3) is 0 Å². The van der Waals surface area contributed by atoms with Gasteiger partial charge in [0.1, 0.15) is 0 Å². The minimum absolute atomic E-state index is 0.177. The molecule has 2 aromatic rings. The molecule has 150 valence electrons. The lowest BCUT2D eigenvalue weighted by atomic mass is 9.96. The number of anilines is 1. The number of aromatic nitrogens is 2. The zero-order valence-electron chi connectivity index (χ0n) is 16.8. The first-order valence-electron chi connectivity index (χ1n) is 10.3. The average Bonchev–Trinajstić information content (AvgIpc) is 2.74. The number of amides is 1. The van der Waals surface area contributed by atoms with Crippen LogP contribution in [0, 0.1) is 5.92 Å². The van der Waals surface area contributed by atoms with Crippen LogP contribution in [0.2, 0.25) is 5.02 Å². The van der Waals surface area contributed by atoms with Gasteiger partial charge in [-0.05, 0) is 31.0 Å². The van der Waals surface area contributed by atoms with Crippen molar-refractivity contribution < 1.29 is 4.79 Å². The van der Waals surface area contributed by atoms with Gasteiger partial charge in [0.05, 0.1) is 10.7 Å². The molecule has 28 heavy (non-hydrogen) atoms. The second kappa shape index (κ2) is 9.87. The highest BCUT2D eigenvalue weighted by atomic mass is 35.5. The number of rotatable bonds is 7. The van der Waals surface area contributed by atoms with Gasteiger partial charge in [0, 0.05) is 37.7 Å². The van der Waals surface area contributed by atoms with Crippen LogP contribution in [0.4, 0.5) is 5.82 Å². The molecule has 1 fully saturated rings. The van der Waals surface area contributed by atoms with Gasteiger partial charge in [-0.15, -0.1) is 10.2 Å². The zero-order chi connectivity index (χ0) is 19.9. The molecule has 1 aliphatic rings. The lowest BCUT2D eigenvalue weighted by molar-refractivity contribution is -0.136. The van der Waals surface area contributed by atoms with Crippen molar-refractivity contribution in [2.24, 2.45) is 5.92 Å². The van der Waals surface area contributed by atoms with E-state index in [1.165, 1.54) is 0 Å². The van der Waals surface area contributed by atoms with Gasteiger partial charge in [-0.3, -0.25) is 4.79 Å². The topological polar surface area (TPSA) is 49.3 Å². The summed E-state index contributed by atoms with van der Waals surface area (Å²) in [5.41, 5.74) is 1.65. The van der Waals surface area contributed by atoms with Gasteiger partial charge in [0.15, 0.2) is 5.82 Å². The molecule has 0 unspecified atom stereocenters. The Kier molecular flexibility index (Phi) is 7.26. The SMILES string of the molecule is CCCC(CCC)C(=O)N1CCN(c2ccc(-c3ccccc3Cl)nn2)CC1. The first kappa shape index (κ1) is 20.6. The first-order valence-corrected chi connectivity index (χ1v) is 10.6. The summed E-state index contributed by atoms with van der Waals surface area (Å²) in [5, 5.41) is 9.43. The summed E-state index contributed by atoms with van der Waals surface area (Å²) >= 11 is 6.25. The molecule has 5 nitrogen and oxygen atoms in total. The number of halogens is 1. The number of nitrogens with zero attached hydrogens (tertiary/aromatic N) is 4. The van der Waals surface area contributed by atoms with Gasteiger partial charge in [0.2, 0.25) is 5.91 Å². The van der Waals surface area contributed by atoms with Crippen molar-refractivity contribution in [3.8, 4) is 11.3 Å². The third-order valence-corrected chi connectivity index (χ3v) is 5.67. The predicted octanol–water partition coefficient (Wildman–Crippen LogP) is 4.66. The van der Waals surface area contributed by atoms with Crippen molar-refractivity contribution in [2.45, 2.75) is 39.5 Å². The third kappa shape index (κ3) is 4.82. The molecule has 1 amide bonds. The van der Waals surface area contributed by atoms with E-state index in [2.05, 4.69) is 28.9 Å². The van der Waals surface area contributed by atoms with Crippen molar-refractivity contribution in [1.29, 1.82) is 0 Å². The smallest absolute Gasteiger partial charge is 0.225 e. The molecule has 1 aromatic carbocycles. The van der Waals surface area contributed by atoms with E-state index in [-0.39, 0.29) is 5.92 Å². The summed E-state index contributed by atoms with van der Waals surface area (Å²) < 4.78 is 0. The molecule has 0 saturated carbocycles. The average molecular weight is 401 g/mol. The van der Waals surface area contributed by atoms with Gasteiger partial charge >= 0.3 is 0 Å². The van der Waals surface area contributed by atoms with Crippen LogP contribution in [0.25, 0.3) is 11.3 Å². The van der Waals surface area contributed by atoms with E-state index in [9.17, 15) is 4.79 Å². The summed E-state index contributed by atoms with van der Waals surface area (Å²) in [4.78, 5) is 17.0. The molecule has 1 saturated heterocycles. The van der Waals surface area contributed by atoms with Crippen LogP contribution in [-0.4, -0.2) is 47.2 Å². The largest absolute Gasteiger partial charge is 0.352 e. The van der Waals surface area contributed by atoms with Crippen molar-refractivity contribution in [3.63, 3.8) is 0 Å². The molecule has 0 N–H and O–H groups in total. The Balaban J connectivity index is 1.60. The highest BCUT2D eigenvalue weighted by molar-refractivity contribution is 6.33. The van der Waals surface area contributed by atoms with Crippen LogP contribution in [0.5, 0.6) is 0 Å². The first-order chi connectivity index (χ1) is 13.6. The normalized spacial score (nSPS) is 14.6. The quantitative estimate of drug-likeness (QED) is 0.678. The van der Waals surface area contributed by atoms with Gasteiger partial charge in [-0.25, -0.2) is 0 Å². The molecule has 0 atom stereocenters. The Morgan fingerprint density at radius 1 is 1.00 bits per heavy atom. The van der Waals surface area contributed by atoms with Crippen LogP contribution >= 0.6 is 11.6 Å². The van der Waals surface area contributed by atoms with Gasteiger partial charge < -0.3 is 9.80 Å². The van der Waals surface area contributed by atoms with Crippen LogP contribution in [0.3, 0.4) is 0 Å². The van der Waals surface area contributed by atoms with Crippen molar-refractivity contribution >= 4 is 23.3 Å². The highest BCUT2D eigenvalue weighted by Gasteiger charge is 2.27. The Bertz CT molecular complexity index is 766. The lowest BCUT2D eigenvalue weighted by Gasteiger charge is -2.36. The van der Waals surface area contributed by atoms with Crippen LogP contribution in [-0.2, 0) is 4.79 Å². The van der Waals surface area contributed by atoms with E-state index in [1.807, 2.05) is 41.3 Å². The molecule has 3 rings (SSSR count). The van der Waals surface area contributed by atoms with E-state index in [1.54, 1.807) is 0 Å². The molecule has 0 aliphatic carbocycles. The molecule has 0 bridgehead atoms. The number of carbonyl (C=O) groups excluding carboxylic acids is 1. The lowest BCUT2D eigenvalue weighted by Crippen LogP contribution is -2.50. The highest BCUT2D eigenvalue weighted by Crippen LogP contribution is 2.26. The number of benzene rings is 1. The standard InChI is InChI=1S/C22H29ClN4O/c1-3-7-17(8-4-2)22(28)27-15-13-26(14-16-27)21-12-11-20(24-25-21)18-9-5-6-10-19(18)23/h5-6,9-12,17H,3-4,7-8,13-16H2,1-2H3. The van der Waals surface area contributed by atoms with Crippen molar-refractivity contribution in [3.05, 3.63) is 41.4 Å². The van der Waals surface area contributed by atoms with Crippen LogP contribution in [0.15, 0.2) is 36.4 Å². The predicted molar refractivity (Wildman–Crippen MR) is 115 cm³/mol. The maximum absolute atomic E-state index is 12.8. The molecule has 0 radical (unpaired) electrons. The summed E-state index contributed by atoms with van der Waals surface area (Å²) in [6.07, 6.45) is 4.09. The van der Waals surface area contributed by atoms with Crippen molar-refractivity contribution in [1.82, 2.24) is 15.1 Å². The van der Waals surface area contributed by atoms with E-state index >= 15 is 0 Å². The third-order valence-electron chi connectivity index (χ3n) is 5.34. The van der Waals surface area contributed by atoms with Gasteiger partial charge in [-0.1, -0.05) is 56.5 Å². The van der Waals surface area contributed by atoms with E-state index in [0.717, 1.165) is 68.9 Å². The summed E-state index contributed by atoms with van der Waals surface area (Å²) in [7, 11) is 0. The Morgan fingerprint density at radius 3 is 2.25 bits per heavy atom. The number of hydrogen-bond acceptors (Lipinski definition) is 4. The summed E-state index contributed by atoms with van der Waals surface area (Å²) in [6, 6.07) is 11.6. The minimum Gasteiger partial charge on any atom is -0.352 e. The number of carbonyl (C=O) groups is 1.